The van der Waals surface area contributed by atoms with E-state index in [1.54, 1.807) is 16.9 Å². The molecular weight excluding hydrogens is 178 g/mol. The van der Waals surface area contributed by atoms with Gasteiger partial charge in [0.25, 0.3) is 0 Å². The van der Waals surface area contributed by atoms with Gasteiger partial charge in [0.2, 0.25) is 0 Å². The zero-order chi connectivity index (χ0) is 10.1. The Morgan fingerprint density at radius 3 is 3.07 bits per heavy atom. The molecule has 0 unspecified atom stereocenters. The summed E-state index contributed by atoms with van der Waals surface area (Å²) < 4.78 is 3.47. The van der Waals surface area contributed by atoms with Crippen LogP contribution in [0.15, 0.2) is 18.6 Å². The van der Waals surface area contributed by atoms with Crippen molar-refractivity contribution >= 4 is 11.5 Å². The van der Waals surface area contributed by atoms with Crippen LogP contribution in [0.2, 0.25) is 0 Å². The monoisotopic (exact) mass is 187 g/mol. The molecule has 2 aromatic rings. The molecule has 0 saturated heterocycles. The highest BCUT2D eigenvalue weighted by atomic mass is 15.3. The summed E-state index contributed by atoms with van der Waals surface area (Å²) in [6, 6.07) is 0. The van der Waals surface area contributed by atoms with Gasteiger partial charge in [-0.25, -0.2) is 4.52 Å². The molecule has 70 valence electrons. The van der Waals surface area contributed by atoms with Crippen LogP contribution >= 0.6 is 0 Å². The minimum Gasteiger partial charge on any atom is -0.384 e. The van der Waals surface area contributed by atoms with E-state index in [9.17, 15) is 0 Å². The molecule has 0 fully saturated rings. The Bertz CT molecular complexity index is 525. The van der Waals surface area contributed by atoms with Crippen LogP contribution in [0, 0.1) is 17.8 Å². The molecule has 0 aliphatic heterocycles. The highest BCUT2D eigenvalue weighted by Crippen LogP contribution is 2.10. The molecule has 0 aromatic carbocycles. The van der Waals surface area contributed by atoms with Crippen LogP contribution in [-0.2, 0) is 6.54 Å². The molecule has 5 nitrogen and oxygen atoms in total. The van der Waals surface area contributed by atoms with Gasteiger partial charge in [0.1, 0.15) is 11.5 Å². The number of terminal acetylenes is 1. The lowest BCUT2D eigenvalue weighted by molar-refractivity contribution is 0.868. The van der Waals surface area contributed by atoms with Gasteiger partial charge >= 0.3 is 0 Å². The number of hydrogen-bond acceptors (Lipinski definition) is 2. The highest BCUT2D eigenvalue weighted by Gasteiger charge is 2.10. The quantitative estimate of drug-likeness (QED) is 0.396. The summed E-state index contributed by atoms with van der Waals surface area (Å²) in [5, 5.41) is 11.4. The van der Waals surface area contributed by atoms with Crippen LogP contribution < -0.4 is 5.73 Å². The third-order valence-corrected chi connectivity index (χ3v) is 1.98. The number of imidazole rings is 1. The Hall–Kier alpha value is -2.22. The fourth-order valence-electron chi connectivity index (χ4n) is 1.38. The molecule has 0 spiro atoms. The normalized spacial score (nSPS) is 10.2. The molecule has 2 rings (SSSR count). The van der Waals surface area contributed by atoms with Crippen molar-refractivity contribution < 1.29 is 0 Å². The van der Waals surface area contributed by atoms with E-state index in [1.165, 1.54) is 0 Å². The zero-order valence-electron chi connectivity index (χ0n) is 7.44. The minimum atomic E-state index is -0.00280. The minimum absolute atomic E-state index is 0.00280. The standard InChI is InChI=1S/C9H9N5/c1-2-3-13-4-5-14-9(13)7(6-12-14)8(10)11/h1,4-6H,3H2,(H3,10,11). The summed E-state index contributed by atoms with van der Waals surface area (Å²) in [5.41, 5.74) is 6.78. The second-order valence-electron chi connectivity index (χ2n) is 2.87. The average molecular weight is 187 g/mol. The smallest absolute Gasteiger partial charge is 0.147 e. The number of nitrogen functional groups attached to an aromatic ring is 1. The molecule has 5 heteroatoms. The second kappa shape index (κ2) is 2.92. The van der Waals surface area contributed by atoms with Gasteiger partial charge in [-0.3, -0.25) is 5.41 Å². The van der Waals surface area contributed by atoms with Crippen molar-refractivity contribution in [3.05, 3.63) is 24.2 Å². The number of amidine groups is 1. The van der Waals surface area contributed by atoms with Crippen LogP contribution in [0.1, 0.15) is 5.56 Å². The third-order valence-electron chi connectivity index (χ3n) is 1.98. The van der Waals surface area contributed by atoms with E-state index in [0.29, 0.717) is 12.1 Å². The third kappa shape index (κ3) is 1.05. The van der Waals surface area contributed by atoms with E-state index in [4.69, 9.17) is 17.6 Å². The first-order chi connectivity index (χ1) is 6.74. The number of rotatable bonds is 2. The molecule has 0 saturated carbocycles. The summed E-state index contributed by atoms with van der Waals surface area (Å²) >= 11 is 0. The first-order valence-electron chi connectivity index (χ1n) is 4.04. The Labute approximate surface area is 80.6 Å². The van der Waals surface area contributed by atoms with Crippen molar-refractivity contribution in [1.29, 1.82) is 5.41 Å². The van der Waals surface area contributed by atoms with E-state index in [2.05, 4.69) is 11.0 Å². The number of fused-ring (bicyclic) bond motifs is 1. The Morgan fingerprint density at radius 2 is 2.43 bits per heavy atom. The van der Waals surface area contributed by atoms with Gasteiger partial charge in [-0.1, -0.05) is 5.92 Å². The molecule has 0 aliphatic rings. The fraction of sp³-hybridized carbons (Fsp3) is 0.111. The van der Waals surface area contributed by atoms with Crippen molar-refractivity contribution in [3.8, 4) is 12.3 Å². The second-order valence-corrected chi connectivity index (χ2v) is 2.87. The molecule has 0 atom stereocenters. The van der Waals surface area contributed by atoms with E-state index < -0.39 is 0 Å². The lowest BCUT2D eigenvalue weighted by Gasteiger charge is -1.98. The molecule has 0 bridgehead atoms. The zero-order valence-corrected chi connectivity index (χ0v) is 7.44. The van der Waals surface area contributed by atoms with Gasteiger partial charge in [-0.05, 0) is 0 Å². The van der Waals surface area contributed by atoms with Gasteiger partial charge in [0.15, 0.2) is 0 Å². The van der Waals surface area contributed by atoms with Gasteiger partial charge in [0.05, 0.1) is 18.3 Å². The van der Waals surface area contributed by atoms with Gasteiger partial charge in [-0.15, -0.1) is 6.42 Å². The maximum atomic E-state index is 7.36. The fourth-order valence-corrected chi connectivity index (χ4v) is 1.38. The number of nitrogens with zero attached hydrogens (tertiary/aromatic N) is 3. The molecule has 14 heavy (non-hydrogen) atoms. The van der Waals surface area contributed by atoms with Crippen molar-refractivity contribution in [1.82, 2.24) is 14.2 Å². The highest BCUT2D eigenvalue weighted by molar-refractivity contribution is 6.00. The molecule has 3 N–H and O–H groups in total. The molecule has 2 heterocycles. The predicted molar refractivity (Wildman–Crippen MR) is 53.0 cm³/mol. The number of nitrogens with one attached hydrogen (secondary N) is 1. The van der Waals surface area contributed by atoms with E-state index in [-0.39, 0.29) is 5.84 Å². The van der Waals surface area contributed by atoms with E-state index >= 15 is 0 Å². The topological polar surface area (TPSA) is 72.1 Å². The summed E-state index contributed by atoms with van der Waals surface area (Å²) in [6.45, 7) is 0.447. The van der Waals surface area contributed by atoms with Gasteiger partial charge < -0.3 is 10.3 Å². The Kier molecular flexibility index (Phi) is 1.75. The molecule has 0 radical (unpaired) electrons. The number of nitrogens with two attached hydrogens (primary N) is 1. The van der Waals surface area contributed by atoms with Crippen molar-refractivity contribution in [2.24, 2.45) is 5.73 Å². The Morgan fingerprint density at radius 1 is 1.64 bits per heavy atom. The van der Waals surface area contributed by atoms with Crippen LogP contribution in [0.5, 0.6) is 0 Å². The summed E-state index contributed by atoms with van der Waals surface area (Å²) in [7, 11) is 0. The van der Waals surface area contributed by atoms with Crippen LogP contribution in [0.4, 0.5) is 0 Å². The summed E-state index contributed by atoms with van der Waals surface area (Å²) in [5.74, 6) is 2.53. The lowest BCUT2D eigenvalue weighted by Crippen LogP contribution is -2.12. The average Bonchev–Trinajstić information content (AvgIpc) is 2.67. The summed E-state index contributed by atoms with van der Waals surface area (Å²) in [4.78, 5) is 0. The SMILES string of the molecule is C#CCn1ccn2ncc(C(=N)N)c12. The molecule has 2 aromatic heterocycles. The van der Waals surface area contributed by atoms with E-state index in [0.717, 1.165) is 5.65 Å². The van der Waals surface area contributed by atoms with Gasteiger partial charge in [-0.2, -0.15) is 5.10 Å². The number of aromatic nitrogens is 3. The predicted octanol–water partition coefficient (Wildman–Crippen LogP) is 0.0531. The largest absolute Gasteiger partial charge is 0.384 e. The van der Waals surface area contributed by atoms with Crippen molar-refractivity contribution in [3.63, 3.8) is 0 Å². The summed E-state index contributed by atoms with van der Waals surface area (Å²) in [6.07, 6.45) is 10.4. The maximum Gasteiger partial charge on any atom is 0.147 e. The van der Waals surface area contributed by atoms with Crippen molar-refractivity contribution in [2.75, 3.05) is 0 Å². The van der Waals surface area contributed by atoms with Gasteiger partial charge in [0, 0.05) is 12.4 Å². The number of hydrogen-bond donors (Lipinski definition) is 2. The first kappa shape index (κ1) is 8.38. The van der Waals surface area contributed by atoms with Crippen LogP contribution in [0.3, 0.4) is 0 Å². The molecular formula is C9H9N5. The molecule has 0 amide bonds. The Balaban J connectivity index is 2.68. The van der Waals surface area contributed by atoms with E-state index in [1.807, 2.05) is 10.8 Å². The van der Waals surface area contributed by atoms with Crippen LogP contribution in [0.25, 0.3) is 5.65 Å². The van der Waals surface area contributed by atoms with Crippen molar-refractivity contribution in [2.45, 2.75) is 6.54 Å². The molecule has 0 aliphatic carbocycles. The maximum absolute atomic E-state index is 7.36. The lowest BCUT2D eigenvalue weighted by atomic mass is 10.3. The van der Waals surface area contributed by atoms with Crippen LogP contribution in [-0.4, -0.2) is 20.0 Å². The first-order valence-corrected chi connectivity index (χ1v) is 4.04.